The number of benzene rings is 1. The average molecular weight is 324 g/mol. The quantitative estimate of drug-likeness (QED) is 0.796. The molecule has 24 heavy (non-hydrogen) atoms. The molecule has 0 unspecified atom stereocenters. The molecule has 2 heterocycles. The van der Waals surface area contributed by atoms with Gasteiger partial charge < -0.3 is 14.6 Å². The topological polar surface area (TPSA) is 69.0 Å². The first-order valence-corrected chi connectivity index (χ1v) is 7.78. The van der Waals surface area contributed by atoms with E-state index in [0.717, 1.165) is 11.2 Å². The van der Waals surface area contributed by atoms with Crippen molar-refractivity contribution in [2.45, 2.75) is 26.8 Å². The molecule has 3 rings (SSSR count). The van der Waals surface area contributed by atoms with Crippen LogP contribution in [0.1, 0.15) is 35.8 Å². The second-order valence-electron chi connectivity index (χ2n) is 5.97. The predicted molar refractivity (Wildman–Crippen MR) is 93.6 cm³/mol. The van der Waals surface area contributed by atoms with Crippen molar-refractivity contribution in [2.24, 2.45) is 0 Å². The van der Waals surface area contributed by atoms with E-state index in [1.165, 1.54) is 0 Å². The van der Waals surface area contributed by atoms with Gasteiger partial charge in [-0.25, -0.2) is 9.97 Å². The first-order valence-electron chi connectivity index (χ1n) is 7.78. The molecule has 0 saturated heterocycles. The fraction of sp³-hybridized carbons (Fsp3) is 0.278. The number of amides is 1. The zero-order valence-corrected chi connectivity index (χ0v) is 14.2. The van der Waals surface area contributed by atoms with E-state index >= 15 is 0 Å². The van der Waals surface area contributed by atoms with Gasteiger partial charge in [0.1, 0.15) is 11.3 Å². The van der Waals surface area contributed by atoms with Gasteiger partial charge in [-0.2, -0.15) is 0 Å². The summed E-state index contributed by atoms with van der Waals surface area (Å²) in [7, 11) is 1.58. The largest absolute Gasteiger partial charge is 0.495 e. The summed E-state index contributed by atoms with van der Waals surface area (Å²) in [6.07, 6.45) is 3.31. The van der Waals surface area contributed by atoms with Gasteiger partial charge in [0.15, 0.2) is 5.65 Å². The molecular formula is C18H20N4O2. The minimum Gasteiger partial charge on any atom is -0.495 e. The Labute approximate surface area is 140 Å². The number of imidazole rings is 1. The van der Waals surface area contributed by atoms with Gasteiger partial charge in [0.25, 0.3) is 5.91 Å². The first-order chi connectivity index (χ1) is 11.5. The van der Waals surface area contributed by atoms with Gasteiger partial charge in [-0.15, -0.1) is 0 Å². The molecule has 0 spiro atoms. The number of rotatable bonds is 4. The molecule has 0 aliphatic carbocycles. The van der Waals surface area contributed by atoms with Gasteiger partial charge in [0.2, 0.25) is 0 Å². The lowest BCUT2D eigenvalue weighted by atomic mass is 10.2. The smallest absolute Gasteiger partial charge is 0.257 e. The van der Waals surface area contributed by atoms with Crippen LogP contribution in [0.5, 0.6) is 5.75 Å². The minimum atomic E-state index is -0.243. The van der Waals surface area contributed by atoms with Gasteiger partial charge in [-0.1, -0.05) is 6.07 Å². The molecule has 0 bridgehead atoms. The Morgan fingerprint density at radius 2 is 2.04 bits per heavy atom. The summed E-state index contributed by atoms with van der Waals surface area (Å²) in [5.74, 6) is 0.375. The molecule has 1 N–H and O–H groups in total. The Hall–Kier alpha value is -2.89. The Morgan fingerprint density at radius 1 is 1.25 bits per heavy atom. The monoisotopic (exact) mass is 324 g/mol. The standard InChI is InChI=1S/C18H20N4O2/c1-11(2)22-10-20-15-8-13(9-19-17(15)22)18(23)21-14-7-12(3)5-6-16(14)24-4/h5-11H,1-4H3,(H,21,23). The van der Waals surface area contributed by atoms with Gasteiger partial charge in [-0.3, -0.25) is 4.79 Å². The number of carbonyl (C=O) groups is 1. The lowest BCUT2D eigenvalue weighted by Gasteiger charge is -2.11. The van der Waals surface area contributed by atoms with Crippen LogP contribution in [0, 0.1) is 6.92 Å². The molecule has 0 atom stereocenters. The van der Waals surface area contributed by atoms with E-state index in [1.54, 1.807) is 25.7 Å². The van der Waals surface area contributed by atoms with Crippen LogP contribution in [0.15, 0.2) is 36.8 Å². The summed E-state index contributed by atoms with van der Waals surface area (Å²) in [6.45, 7) is 6.09. The number of nitrogens with zero attached hydrogens (tertiary/aromatic N) is 3. The second-order valence-corrected chi connectivity index (χ2v) is 5.97. The van der Waals surface area contributed by atoms with Crippen molar-refractivity contribution in [1.29, 1.82) is 0 Å². The van der Waals surface area contributed by atoms with Gasteiger partial charge in [-0.05, 0) is 44.5 Å². The maximum absolute atomic E-state index is 12.5. The zero-order valence-electron chi connectivity index (χ0n) is 14.2. The first kappa shape index (κ1) is 16.0. The highest BCUT2D eigenvalue weighted by molar-refractivity contribution is 6.06. The molecule has 1 amide bonds. The Balaban J connectivity index is 1.90. The van der Waals surface area contributed by atoms with E-state index < -0.39 is 0 Å². The number of aryl methyl sites for hydroxylation is 1. The van der Waals surface area contributed by atoms with E-state index in [-0.39, 0.29) is 11.9 Å². The van der Waals surface area contributed by atoms with E-state index in [0.29, 0.717) is 22.5 Å². The van der Waals surface area contributed by atoms with Crippen LogP contribution < -0.4 is 10.1 Å². The van der Waals surface area contributed by atoms with Crippen molar-refractivity contribution in [3.05, 3.63) is 47.9 Å². The lowest BCUT2D eigenvalue weighted by molar-refractivity contribution is 0.102. The maximum atomic E-state index is 12.5. The number of carbonyl (C=O) groups excluding carboxylic acids is 1. The van der Waals surface area contributed by atoms with E-state index in [9.17, 15) is 4.79 Å². The molecule has 2 aromatic heterocycles. The molecule has 124 valence electrons. The normalized spacial score (nSPS) is 11.0. The van der Waals surface area contributed by atoms with Crippen LogP contribution in [0.3, 0.4) is 0 Å². The molecule has 0 aliphatic heterocycles. The summed E-state index contributed by atoms with van der Waals surface area (Å²) in [5, 5.41) is 2.87. The Bertz CT molecular complexity index is 899. The summed E-state index contributed by atoms with van der Waals surface area (Å²) in [5.41, 5.74) is 3.60. The Kier molecular flexibility index (Phi) is 4.20. The molecule has 0 saturated carbocycles. The molecule has 6 nitrogen and oxygen atoms in total. The third-order valence-corrected chi connectivity index (χ3v) is 3.83. The molecule has 0 aliphatic rings. The number of hydrogen-bond donors (Lipinski definition) is 1. The molecule has 0 radical (unpaired) electrons. The molecule has 6 heteroatoms. The van der Waals surface area contributed by atoms with Crippen LogP contribution >= 0.6 is 0 Å². The highest BCUT2D eigenvalue weighted by Crippen LogP contribution is 2.26. The van der Waals surface area contributed by atoms with Gasteiger partial charge >= 0.3 is 0 Å². The number of methoxy groups -OCH3 is 1. The van der Waals surface area contributed by atoms with Crippen molar-refractivity contribution < 1.29 is 9.53 Å². The van der Waals surface area contributed by atoms with Crippen LogP contribution in [0.25, 0.3) is 11.2 Å². The zero-order chi connectivity index (χ0) is 17.3. The summed E-state index contributed by atoms with van der Waals surface area (Å²) in [6, 6.07) is 7.64. The minimum absolute atomic E-state index is 0.243. The fourth-order valence-corrected chi connectivity index (χ4v) is 2.54. The number of ether oxygens (including phenoxy) is 1. The van der Waals surface area contributed by atoms with Crippen LogP contribution in [0.4, 0.5) is 5.69 Å². The van der Waals surface area contributed by atoms with Crippen LogP contribution in [0.2, 0.25) is 0 Å². The number of nitrogens with one attached hydrogen (secondary N) is 1. The maximum Gasteiger partial charge on any atom is 0.257 e. The van der Waals surface area contributed by atoms with Crippen LogP contribution in [-0.2, 0) is 0 Å². The average Bonchev–Trinajstić information content (AvgIpc) is 2.98. The van der Waals surface area contributed by atoms with Gasteiger partial charge in [0.05, 0.1) is 24.7 Å². The third kappa shape index (κ3) is 2.95. The fourth-order valence-electron chi connectivity index (χ4n) is 2.54. The third-order valence-electron chi connectivity index (χ3n) is 3.83. The Morgan fingerprint density at radius 3 is 2.75 bits per heavy atom. The van der Waals surface area contributed by atoms with E-state index in [2.05, 4.69) is 29.1 Å². The highest BCUT2D eigenvalue weighted by Gasteiger charge is 2.13. The number of pyridine rings is 1. The second kappa shape index (κ2) is 6.31. The predicted octanol–water partition coefficient (Wildman–Crippen LogP) is 3.58. The summed E-state index contributed by atoms with van der Waals surface area (Å²) < 4.78 is 7.26. The molecular weight excluding hydrogens is 304 g/mol. The molecule has 3 aromatic rings. The molecule has 0 fully saturated rings. The van der Waals surface area contributed by atoms with Crippen molar-refractivity contribution in [3.8, 4) is 5.75 Å². The SMILES string of the molecule is COc1ccc(C)cc1NC(=O)c1cnc2c(c1)ncn2C(C)C. The van der Waals surface area contributed by atoms with E-state index in [1.807, 2.05) is 29.7 Å². The van der Waals surface area contributed by atoms with Gasteiger partial charge in [0, 0.05) is 12.2 Å². The van der Waals surface area contributed by atoms with Crippen LogP contribution in [-0.4, -0.2) is 27.6 Å². The van der Waals surface area contributed by atoms with Crippen molar-refractivity contribution in [2.75, 3.05) is 12.4 Å². The summed E-state index contributed by atoms with van der Waals surface area (Å²) in [4.78, 5) is 21.3. The number of aromatic nitrogens is 3. The van der Waals surface area contributed by atoms with Crippen molar-refractivity contribution in [3.63, 3.8) is 0 Å². The number of hydrogen-bond acceptors (Lipinski definition) is 4. The number of fused-ring (bicyclic) bond motifs is 1. The lowest BCUT2D eigenvalue weighted by Crippen LogP contribution is -2.13. The van der Waals surface area contributed by atoms with E-state index in [4.69, 9.17) is 4.74 Å². The van der Waals surface area contributed by atoms with Crippen molar-refractivity contribution >= 4 is 22.8 Å². The molecule has 1 aromatic carbocycles. The number of anilines is 1. The van der Waals surface area contributed by atoms with Crippen molar-refractivity contribution in [1.82, 2.24) is 14.5 Å². The highest BCUT2D eigenvalue weighted by atomic mass is 16.5. The summed E-state index contributed by atoms with van der Waals surface area (Å²) >= 11 is 0.